The third-order valence-electron chi connectivity index (χ3n) is 2.68. The zero-order valence-corrected chi connectivity index (χ0v) is 14.1. The summed E-state index contributed by atoms with van der Waals surface area (Å²) in [5.74, 6) is 3.09. The van der Waals surface area contributed by atoms with Crippen molar-refractivity contribution >= 4 is 29.5 Å². The van der Waals surface area contributed by atoms with Gasteiger partial charge < -0.3 is 5.11 Å². The molecule has 20 heavy (non-hydrogen) atoms. The molecule has 0 saturated heterocycles. The second-order valence-electron chi connectivity index (χ2n) is 4.71. The van der Waals surface area contributed by atoms with E-state index in [0.29, 0.717) is 10.7 Å². The summed E-state index contributed by atoms with van der Waals surface area (Å²) in [6, 6.07) is 0. The van der Waals surface area contributed by atoms with E-state index in [1.807, 2.05) is 25.6 Å². The molecule has 112 valence electrons. The minimum absolute atomic E-state index is 0.201. The Morgan fingerprint density at radius 1 is 1.30 bits per heavy atom. The Kier molecular flexibility index (Phi) is 7.37. The number of aromatic nitrogens is 2. The summed E-state index contributed by atoms with van der Waals surface area (Å²) in [7, 11) is 0. The van der Waals surface area contributed by atoms with Crippen LogP contribution in [0.2, 0.25) is 0 Å². The molecule has 1 aromatic rings. The van der Waals surface area contributed by atoms with Gasteiger partial charge in [0.1, 0.15) is 16.4 Å². The van der Waals surface area contributed by atoms with Gasteiger partial charge in [0.25, 0.3) is 0 Å². The lowest BCUT2D eigenvalue weighted by atomic mass is 10.2. The topological polar surface area (TPSA) is 63.1 Å². The number of carboxylic acids is 1. The molecular formula is C14H22N2O2S2. The third-order valence-corrected chi connectivity index (χ3v) is 4.73. The highest BCUT2D eigenvalue weighted by atomic mass is 32.2. The van der Waals surface area contributed by atoms with E-state index in [1.165, 1.54) is 11.8 Å². The molecule has 6 heteroatoms. The van der Waals surface area contributed by atoms with Crippen LogP contribution in [0.25, 0.3) is 0 Å². The van der Waals surface area contributed by atoms with Gasteiger partial charge in [0.05, 0.1) is 5.69 Å². The van der Waals surface area contributed by atoms with Gasteiger partial charge in [0, 0.05) is 11.7 Å². The maximum absolute atomic E-state index is 11.4. The van der Waals surface area contributed by atoms with Gasteiger partial charge in [-0.2, -0.15) is 11.8 Å². The van der Waals surface area contributed by atoms with Crippen LogP contribution in [-0.2, 0) is 0 Å². The molecule has 0 spiro atoms. The van der Waals surface area contributed by atoms with Gasteiger partial charge in [-0.05, 0) is 24.9 Å². The van der Waals surface area contributed by atoms with E-state index < -0.39 is 5.97 Å². The van der Waals surface area contributed by atoms with Gasteiger partial charge in [-0.25, -0.2) is 14.8 Å². The summed E-state index contributed by atoms with van der Waals surface area (Å²) >= 11 is 3.43. The Bertz CT molecular complexity index is 465. The molecule has 0 radical (unpaired) electrons. The number of aromatic carboxylic acids is 1. The first-order valence-electron chi connectivity index (χ1n) is 6.79. The molecule has 0 unspecified atom stereocenters. The molecule has 0 atom stereocenters. The highest BCUT2D eigenvalue weighted by Crippen LogP contribution is 2.25. The molecule has 4 nitrogen and oxygen atoms in total. The molecule has 0 aromatic carbocycles. The number of hydrogen-bond donors (Lipinski definition) is 1. The van der Waals surface area contributed by atoms with Crippen molar-refractivity contribution in [2.24, 2.45) is 0 Å². The predicted octanol–water partition coefficient (Wildman–Crippen LogP) is 3.84. The van der Waals surface area contributed by atoms with Crippen molar-refractivity contribution in [1.29, 1.82) is 0 Å². The molecule has 1 heterocycles. The molecule has 0 amide bonds. The van der Waals surface area contributed by atoms with E-state index >= 15 is 0 Å². The molecule has 0 aliphatic heterocycles. The lowest BCUT2D eigenvalue weighted by Crippen LogP contribution is -2.10. The molecule has 0 aliphatic carbocycles. The van der Waals surface area contributed by atoms with Gasteiger partial charge in [-0.1, -0.05) is 20.8 Å². The fourth-order valence-electron chi connectivity index (χ4n) is 1.65. The second kappa shape index (κ2) is 8.52. The fraction of sp³-hybridized carbons (Fsp3) is 0.643. The van der Waals surface area contributed by atoms with E-state index in [4.69, 9.17) is 0 Å². The van der Waals surface area contributed by atoms with E-state index in [9.17, 15) is 9.90 Å². The first-order chi connectivity index (χ1) is 9.47. The third kappa shape index (κ3) is 4.98. The van der Waals surface area contributed by atoms with Gasteiger partial charge in [0.2, 0.25) is 0 Å². The second-order valence-corrected chi connectivity index (χ2v) is 7.18. The van der Waals surface area contributed by atoms with Crippen LogP contribution in [0.3, 0.4) is 0 Å². The number of rotatable bonds is 8. The zero-order chi connectivity index (χ0) is 15.1. The number of hydrogen-bond acceptors (Lipinski definition) is 5. The standard InChI is InChI=1S/C14H22N2O2S2/c1-5-19-7-6-8-20-13-11(14(17)18)10(4)15-12(16-13)9(2)3/h9H,5-8H2,1-4H3,(H,17,18). The van der Waals surface area contributed by atoms with Crippen molar-refractivity contribution in [3.05, 3.63) is 17.1 Å². The molecule has 1 rings (SSSR count). The van der Waals surface area contributed by atoms with Crippen LogP contribution in [0.1, 0.15) is 55.0 Å². The van der Waals surface area contributed by atoms with Crippen molar-refractivity contribution in [2.45, 2.75) is 45.1 Å². The molecule has 0 saturated carbocycles. The van der Waals surface area contributed by atoms with Crippen LogP contribution in [0.5, 0.6) is 0 Å². The smallest absolute Gasteiger partial charge is 0.340 e. The fourth-order valence-corrected chi connectivity index (χ4v) is 3.49. The quantitative estimate of drug-likeness (QED) is 0.447. The summed E-state index contributed by atoms with van der Waals surface area (Å²) in [5.41, 5.74) is 0.809. The van der Waals surface area contributed by atoms with Crippen LogP contribution in [0, 0.1) is 6.92 Å². The maximum Gasteiger partial charge on any atom is 0.340 e. The highest BCUT2D eigenvalue weighted by Gasteiger charge is 2.19. The van der Waals surface area contributed by atoms with Crippen molar-refractivity contribution in [3.8, 4) is 0 Å². The zero-order valence-electron chi connectivity index (χ0n) is 12.5. The van der Waals surface area contributed by atoms with Crippen LogP contribution in [-0.4, -0.2) is 38.3 Å². The Morgan fingerprint density at radius 3 is 2.55 bits per heavy atom. The van der Waals surface area contributed by atoms with Crippen molar-refractivity contribution in [2.75, 3.05) is 17.3 Å². The normalized spacial score (nSPS) is 11.1. The van der Waals surface area contributed by atoms with Crippen LogP contribution in [0.15, 0.2) is 5.03 Å². The van der Waals surface area contributed by atoms with Gasteiger partial charge >= 0.3 is 5.97 Å². The van der Waals surface area contributed by atoms with Crippen molar-refractivity contribution < 1.29 is 9.90 Å². The van der Waals surface area contributed by atoms with E-state index in [0.717, 1.165) is 29.5 Å². The van der Waals surface area contributed by atoms with Gasteiger partial charge in [-0.3, -0.25) is 0 Å². The number of aryl methyl sites for hydroxylation is 1. The minimum atomic E-state index is -0.941. The number of carboxylic acid groups (broad SMARTS) is 1. The molecule has 0 fully saturated rings. The summed E-state index contributed by atoms with van der Waals surface area (Å²) in [4.78, 5) is 20.1. The largest absolute Gasteiger partial charge is 0.478 e. The van der Waals surface area contributed by atoms with Crippen molar-refractivity contribution in [3.63, 3.8) is 0 Å². The number of thioether (sulfide) groups is 2. The SMILES string of the molecule is CCSCCCSc1nc(C(C)C)nc(C)c1C(=O)O. The van der Waals surface area contributed by atoms with Gasteiger partial charge in [0.15, 0.2) is 0 Å². The van der Waals surface area contributed by atoms with Crippen LogP contribution < -0.4 is 0 Å². The summed E-state index contributed by atoms with van der Waals surface area (Å²) < 4.78 is 0. The Morgan fingerprint density at radius 2 is 2.00 bits per heavy atom. The molecule has 0 aliphatic rings. The molecule has 1 aromatic heterocycles. The average molecular weight is 314 g/mol. The molecule has 0 bridgehead atoms. The molecular weight excluding hydrogens is 292 g/mol. The monoisotopic (exact) mass is 314 g/mol. The Balaban J connectivity index is 2.87. The first kappa shape index (κ1) is 17.3. The Hall–Kier alpha value is -0.750. The first-order valence-corrected chi connectivity index (χ1v) is 8.93. The minimum Gasteiger partial charge on any atom is -0.478 e. The average Bonchev–Trinajstić information content (AvgIpc) is 2.37. The van der Waals surface area contributed by atoms with Crippen LogP contribution >= 0.6 is 23.5 Å². The van der Waals surface area contributed by atoms with E-state index in [-0.39, 0.29) is 11.5 Å². The predicted molar refractivity (Wildman–Crippen MR) is 86.2 cm³/mol. The van der Waals surface area contributed by atoms with Crippen molar-refractivity contribution in [1.82, 2.24) is 9.97 Å². The van der Waals surface area contributed by atoms with E-state index in [2.05, 4.69) is 16.9 Å². The Labute approximate surface area is 129 Å². The highest BCUT2D eigenvalue weighted by molar-refractivity contribution is 8.00. The van der Waals surface area contributed by atoms with Crippen LogP contribution in [0.4, 0.5) is 0 Å². The summed E-state index contributed by atoms with van der Waals surface area (Å²) in [6.45, 7) is 7.92. The number of nitrogens with zero attached hydrogens (tertiary/aromatic N) is 2. The lowest BCUT2D eigenvalue weighted by molar-refractivity contribution is 0.0690. The lowest BCUT2D eigenvalue weighted by Gasteiger charge is -2.11. The van der Waals surface area contributed by atoms with E-state index in [1.54, 1.807) is 6.92 Å². The molecule has 1 N–H and O–H groups in total. The summed E-state index contributed by atoms with van der Waals surface area (Å²) in [6.07, 6.45) is 1.06. The van der Waals surface area contributed by atoms with Gasteiger partial charge in [-0.15, -0.1) is 11.8 Å². The summed E-state index contributed by atoms with van der Waals surface area (Å²) in [5, 5.41) is 9.93. The number of carbonyl (C=O) groups is 1. The maximum atomic E-state index is 11.4.